The molecule has 7 nitrogen and oxygen atoms in total. The summed E-state index contributed by atoms with van der Waals surface area (Å²) < 4.78 is 27.0. The zero-order chi connectivity index (χ0) is 20.4. The lowest BCUT2D eigenvalue weighted by Gasteiger charge is -2.10. The summed E-state index contributed by atoms with van der Waals surface area (Å²) in [5.41, 5.74) is 2.26. The molecule has 0 unspecified atom stereocenters. The van der Waals surface area contributed by atoms with Crippen molar-refractivity contribution in [3.8, 4) is 17.4 Å². The molecule has 0 saturated heterocycles. The van der Waals surface area contributed by atoms with E-state index >= 15 is 0 Å². The fourth-order valence-corrected chi connectivity index (χ4v) is 2.88. The Morgan fingerprint density at radius 2 is 2.03 bits per heavy atom. The number of ether oxygens (including phenoxy) is 2. The van der Waals surface area contributed by atoms with E-state index in [0.29, 0.717) is 22.5 Å². The summed E-state index contributed by atoms with van der Waals surface area (Å²) in [5, 5.41) is 6.75. The topological polar surface area (TPSA) is 77.8 Å². The molecule has 1 N–H and O–H groups in total. The van der Waals surface area contributed by atoms with E-state index in [4.69, 9.17) is 9.47 Å². The normalized spacial score (nSPS) is 10.7. The molecule has 2 aromatic carbocycles. The van der Waals surface area contributed by atoms with E-state index in [-0.39, 0.29) is 17.5 Å². The fourth-order valence-electron chi connectivity index (χ4n) is 2.88. The summed E-state index contributed by atoms with van der Waals surface area (Å²) in [5.74, 6) is -0.211. The van der Waals surface area contributed by atoms with Gasteiger partial charge in [0.25, 0.3) is 5.91 Å². The molecule has 0 aliphatic carbocycles. The number of amides is 1. The first-order valence-electron chi connectivity index (χ1n) is 8.77. The molecule has 8 heteroatoms. The quantitative estimate of drug-likeness (QED) is 0.550. The number of carbonyl (C=O) groups is 1. The Balaban J connectivity index is 1.55. The second-order valence-corrected chi connectivity index (χ2v) is 6.29. The maximum Gasteiger partial charge on any atom is 0.255 e. The van der Waals surface area contributed by atoms with Crippen molar-refractivity contribution in [1.29, 1.82) is 0 Å². The van der Waals surface area contributed by atoms with Gasteiger partial charge in [-0.05, 0) is 48.9 Å². The smallest absolute Gasteiger partial charge is 0.255 e. The van der Waals surface area contributed by atoms with Gasteiger partial charge in [-0.15, -0.1) is 0 Å². The van der Waals surface area contributed by atoms with Gasteiger partial charge in [-0.25, -0.2) is 8.91 Å². The van der Waals surface area contributed by atoms with Crippen LogP contribution >= 0.6 is 0 Å². The molecule has 4 rings (SSSR count). The van der Waals surface area contributed by atoms with Crippen LogP contribution in [0.1, 0.15) is 15.9 Å². The van der Waals surface area contributed by atoms with E-state index in [1.807, 2.05) is 13.0 Å². The lowest BCUT2D eigenvalue weighted by atomic mass is 10.2. The molecular weight excluding hydrogens is 375 g/mol. The van der Waals surface area contributed by atoms with Gasteiger partial charge in [-0.1, -0.05) is 6.07 Å². The number of carbonyl (C=O) groups excluding carboxylic acids is 1. The lowest BCUT2D eigenvalue weighted by Crippen LogP contribution is -2.12. The largest absolute Gasteiger partial charge is 0.497 e. The van der Waals surface area contributed by atoms with E-state index in [0.717, 1.165) is 5.56 Å². The van der Waals surface area contributed by atoms with Gasteiger partial charge >= 0.3 is 0 Å². The molecule has 146 valence electrons. The minimum atomic E-state index is -0.630. The maximum absolute atomic E-state index is 14.6. The van der Waals surface area contributed by atoms with Crippen molar-refractivity contribution in [3.63, 3.8) is 0 Å². The summed E-state index contributed by atoms with van der Waals surface area (Å²) in [7, 11) is 1.52. The monoisotopic (exact) mass is 392 g/mol. The van der Waals surface area contributed by atoms with Crippen molar-refractivity contribution < 1.29 is 18.7 Å². The van der Waals surface area contributed by atoms with Crippen molar-refractivity contribution in [1.82, 2.24) is 14.6 Å². The van der Waals surface area contributed by atoms with E-state index in [1.54, 1.807) is 41.0 Å². The molecule has 0 radical (unpaired) electrons. The van der Waals surface area contributed by atoms with Gasteiger partial charge in [0.15, 0.2) is 11.6 Å². The molecular formula is C21H17FN4O3. The van der Waals surface area contributed by atoms with E-state index in [1.165, 1.54) is 25.6 Å². The molecule has 2 heterocycles. The van der Waals surface area contributed by atoms with Crippen LogP contribution in [0.3, 0.4) is 0 Å². The zero-order valence-electron chi connectivity index (χ0n) is 15.7. The summed E-state index contributed by atoms with van der Waals surface area (Å²) in [4.78, 5) is 16.5. The second-order valence-electron chi connectivity index (χ2n) is 6.29. The van der Waals surface area contributed by atoms with E-state index < -0.39 is 5.82 Å². The minimum Gasteiger partial charge on any atom is -0.497 e. The predicted molar refractivity (Wildman–Crippen MR) is 105 cm³/mol. The molecule has 29 heavy (non-hydrogen) atoms. The molecule has 0 aliphatic rings. The number of hydrogen-bond donors (Lipinski definition) is 1. The van der Waals surface area contributed by atoms with Crippen LogP contribution in [0.4, 0.5) is 10.1 Å². The Labute approximate surface area is 165 Å². The van der Waals surface area contributed by atoms with Crippen LogP contribution in [0.5, 0.6) is 17.4 Å². The van der Waals surface area contributed by atoms with Crippen molar-refractivity contribution in [2.24, 2.45) is 0 Å². The third-order valence-electron chi connectivity index (χ3n) is 4.35. The van der Waals surface area contributed by atoms with Crippen LogP contribution in [-0.2, 0) is 0 Å². The first kappa shape index (κ1) is 18.4. The molecule has 0 saturated carbocycles. The van der Waals surface area contributed by atoms with E-state index in [9.17, 15) is 9.18 Å². The highest BCUT2D eigenvalue weighted by atomic mass is 19.1. The summed E-state index contributed by atoms with van der Waals surface area (Å²) in [6.07, 6.45) is 3.11. The molecule has 1 amide bonds. The highest BCUT2D eigenvalue weighted by molar-refractivity contribution is 6.04. The fraction of sp³-hybridized carbons (Fsp3) is 0.0952. The van der Waals surface area contributed by atoms with Gasteiger partial charge in [0.2, 0.25) is 5.88 Å². The van der Waals surface area contributed by atoms with Crippen LogP contribution in [-0.4, -0.2) is 27.6 Å². The van der Waals surface area contributed by atoms with Crippen LogP contribution in [0.2, 0.25) is 0 Å². The lowest BCUT2D eigenvalue weighted by molar-refractivity contribution is 0.102. The van der Waals surface area contributed by atoms with Gasteiger partial charge in [0, 0.05) is 23.5 Å². The van der Waals surface area contributed by atoms with Gasteiger partial charge in [-0.2, -0.15) is 10.1 Å². The summed E-state index contributed by atoms with van der Waals surface area (Å²) in [6.45, 7) is 1.89. The van der Waals surface area contributed by atoms with Gasteiger partial charge in [0.1, 0.15) is 17.6 Å². The number of benzene rings is 2. The number of aryl methyl sites for hydroxylation is 1. The zero-order valence-corrected chi connectivity index (χ0v) is 15.7. The molecule has 0 bridgehead atoms. The molecule has 0 aliphatic heterocycles. The molecule has 4 aromatic rings. The Kier molecular flexibility index (Phi) is 4.82. The van der Waals surface area contributed by atoms with Gasteiger partial charge < -0.3 is 14.8 Å². The van der Waals surface area contributed by atoms with Crippen LogP contribution < -0.4 is 14.8 Å². The number of nitrogens with one attached hydrogen (secondary N) is 1. The SMILES string of the molecule is COc1cccc(C(=O)Nc2ccc(Oc3ncnn4ccc(C)c34)c(F)c2)c1. The highest BCUT2D eigenvalue weighted by Crippen LogP contribution is 2.29. The number of methoxy groups -OCH3 is 1. The van der Waals surface area contributed by atoms with Gasteiger partial charge in [-0.3, -0.25) is 4.79 Å². The third-order valence-corrected chi connectivity index (χ3v) is 4.35. The predicted octanol–water partition coefficient (Wildman–Crippen LogP) is 4.23. The Bertz CT molecular complexity index is 1210. The second kappa shape index (κ2) is 7.59. The molecule has 2 aromatic heterocycles. The Hall–Kier alpha value is -3.94. The minimum absolute atomic E-state index is 0.00872. The van der Waals surface area contributed by atoms with Crippen LogP contribution in [0.25, 0.3) is 5.52 Å². The molecule has 0 spiro atoms. The third kappa shape index (κ3) is 3.73. The number of aromatic nitrogens is 3. The Morgan fingerprint density at radius 1 is 1.17 bits per heavy atom. The maximum atomic E-state index is 14.6. The number of nitrogens with zero attached hydrogens (tertiary/aromatic N) is 3. The number of halogens is 1. The number of anilines is 1. The summed E-state index contributed by atoms with van der Waals surface area (Å²) in [6, 6.07) is 12.7. The standard InChI is InChI=1S/C21H17FN4O3/c1-13-8-9-26-19(13)21(23-12-24-26)29-18-7-6-15(11-17(18)22)25-20(27)14-4-3-5-16(10-14)28-2/h3-12H,1-2H3,(H,25,27). The van der Waals surface area contributed by atoms with Crippen LogP contribution in [0.15, 0.2) is 61.1 Å². The average Bonchev–Trinajstić information content (AvgIpc) is 3.12. The summed E-state index contributed by atoms with van der Waals surface area (Å²) >= 11 is 0. The number of fused-ring (bicyclic) bond motifs is 1. The number of rotatable bonds is 5. The molecule has 0 atom stereocenters. The number of hydrogen-bond acceptors (Lipinski definition) is 5. The van der Waals surface area contributed by atoms with Crippen molar-refractivity contribution in [2.75, 3.05) is 12.4 Å². The first-order valence-corrected chi connectivity index (χ1v) is 8.77. The highest BCUT2D eigenvalue weighted by Gasteiger charge is 2.14. The first-order chi connectivity index (χ1) is 14.0. The molecule has 0 fully saturated rings. The van der Waals surface area contributed by atoms with Crippen molar-refractivity contribution >= 4 is 17.1 Å². The van der Waals surface area contributed by atoms with Crippen molar-refractivity contribution in [2.45, 2.75) is 6.92 Å². The van der Waals surface area contributed by atoms with Gasteiger partial charge in [0.05, 0.1) is 7.11 Å². The van der Waals surface area contributed by atoms with Crippen molar-refractivity contribution in [3.05, 3.63) is 78.0 Å². The van der Waals surface area contributed by atoms with E-state index in [2.05, 4.69) is 15.4 Å². The Morgan fingerprint density at radius 3 is 2.83 bits per heavy atom. The average molecular weight is 392 g/mol. The van der Waals surface area contributed by atoms with Crippen LogP contribution in [0, 0.1) is 12.7 Å².